The van der Waals surface area contributed by atoms with Gasteiger partial charge in [0.2, 0.25) is 0 Å². The molecule has 0 N–H and O–H groups in total. The third-order valence-electron chi connectivity index (χ3n) is 2.81. The number of hydrogen-bond acceptors (Lipinski definition) is 1. The fourth-order valence-electron chi connectivity index (χ4n) is 1.84. The fraction of sp³-hybridized carbons (Fsp3) is 0.750. The van der Waals surface area contributed by atoms with Crippen molar-refractivity contribution in [3.63, 3.8) is 0 Å². The zero-order valence-electron chi connectivity index (χ0n) is 9.71. The molecule has 1 saturated heterocycles. The SMILES string of the molecule is C/C=C(/CC)N=C(C)N1CCCCC1. The first-order chi connectivity index (χ1) is 6.77. The summed E-state index contributed by atoms with van der Waals surface area (Å²) in [5, 5.41) is 0. The Hall–Kier alpha value is -0.790. The minimum atomic E-state index is 1.03. The molecule has 0 spiro atoms. The molecule has 1 heterocycles. The van der Waals surface area contributed by atoms with E-state index in [2.05, 4.69) is 36.7 Å². The van der Waals surface area contributed by atoms with Crippen molar-refractivity contribution in [3.8, 4) is 0 Å². The molecule has 0 amide bonds. The Balaban J connectivity index is 2.57. The summed E-state index contributed by atoms with van der Waals surface area (Å²) in [7, 11) is 0. The first-order valence-electron chi connectivity index (χ1n) is 5.73. The van der Waals surface area contributed by atoms with Gasteiger partial charge in [-0.3, -0.25) is 0 Å². The van der Waals surface area contributed by atoms with Crippen LogP contribution in [-0.4, -0.2) is 23.8 Å². The summed E-state index contributed by atoms with van der Waals surface area (Å²) in [6.45, 7) is 8.73. The van der Waals surface area contributed by atoms with Gasteiger partial charge in [0.15, 0.2) is 0 Å². The van der Waals surface area contributed by atoms with Crippen LogP contribution < -0.4 is 0 Å². The molecular formula is C12H22N2. The van der Waals surface area contributed by atoms with Crippen LogP contribution in [0.5, 0.6) is 0 Å². The molecule has 0 bridgehead atoms. The largest absolute Gasteiger partial charge is 0.360 e. The van der Waals surface area contributed by atoms with Crippen LogP contribution in [0.2, 0.25) is 0 Å². The number of likely N-dealkylation sites (tertiary alicyclic amines) is 1. The zero-order valence-corrected chi connectivity index (χ0v) is 9.71. The zero-order chi connectivity index (χ0) is 10.4. The second-order valence-corrected chi connectivity index (χ2v) is 3.84. The van der Waals surface area contributed by atoms with Crippen LogP contribution in [-0.2, 0) is 0 Å². The average molecular weight is 194 g/mol. The van der Waals surface area contributed by atoms with Crippen molar-refractivity contribution in [2.24, 2.45) is 4.99 Å². The van der Waals surface area contributed by atoms with E-state index in [0.717, 1.165) is 6.42 Å². The van der Waals surface area contributed by atoms with Gasteiger partial charge in [-0.1, -0.05) is 13.0 Å². The molecule has 0 aromatic carbocycles. The van der Waals surface area contributed by atoms with Gasteiger partial charge in [-0.25, -0.2) is 4.99 Å². The molecule has 0 radical (unpaired) electrons. The van der Waals surface area contributed by atoms with E-state index in [4.69, 9.17) is 0 Å². The highest BCUT2D eigenvalue weighted by Gasteiger charge is 2.10. The van der Waals surface area contributed by atoms with E-state index in [1.54, 1.807) is 0 Å². The summed E-state index contributed by atoms with van der Waals surface area (Å²) in [5.74, 6) is 1.19. The van der Waals surface area contributed by atoms with Crippen LogP contribution >= 0.6 is 0 Å². The smallest absolute Gasteiger partial charge is 0.101 e. The van der Waals surface area contributed by atoms with Gasteiger partial charge >= 0.3 is 0 Å². The summed E-state index contributed by atoms with van der Waals surface area (Å²) >= 11 is 0. The first-order valence-corrected chi connectivity index (χ1v) is 5.73. The van der Waals surface area contributed by atoms with Gasteiger partial charge in [-0.15, -0.1) is 0 Å². The monoisotopic (exact) mass is 194 g/mol. The lowest BCUT2D eigenvalue weighted by molar-refractivity contribution is 0.340. The molecule has 0 aliphatic carbocycles. The van der Waals surface area contributed by atoms with Gasteiger partial charge in [-0.2, -0.15) is 0 Å². The minimum Gasteiger partial charge on any atom is -0.360 e. The van der Waals surface area contributed by atoms with Gasteiger partial charge in [0.25, 0.3) is 0 Å². The van der Waals surface area contributed by atoms with Crippen LogP contribution in [0.25, 0.3) is 0 Å². The van der Waals surface area contributed by atoms with Crippen molar-refractivity contribution < 1.29 is 0 Å². The van der Waals surface area contributed by atoms with Crippen LogP contribution in [0.3, 0.4) is 0 Å². The third kappa shape index (κ3) is 3.17. The number of hydrogen-bond donors (Lipinski definition) is 0. The molecule has 1 aliphatic heterocycles. The average Bonchev–Trinajstić information content (AvgIpc) is 2.26. The lowest BCUT2D eigenvalue weighted by Gasteiger charge is -2.28. The molecule has 2 heteroatoms. The van der Waals surface area contributed by atoms with E-state index in [1.807, 2.05) is 0 Å². The third-order valence-corrected chi connectivity index (χ3v) is 2.81. The summed E-state index contributed by atoms with van der Waals surface area (Å²) in [6, 6.07) is 0. The van der Waals surface area contributed by atoms with Crippen molar-refractivity contribution in [2.45, 2.75) is 46.5 Å². The summed E-state index contributed by atoms with van der Waals surface area (Å²) in [6.07, 6.45) is 7.16. The Kier molecular flexibility index (Phi) is 4.71. The molecule has 0 aromatic heterocycles. The standard InChI is InChI=1S/C12H22N2/c1-4-12(5-2)13-11(3)14-9-7-6-8-10-14/h4H,5-10H2,1-3H3/b12-4-,13-11?. The number of aliphatic imine (C=N–C) groups is 1. The molecule has 2 nitrogen and oxygen atoms in total. The quantitative estimate of drug-likeness (QED) is 0.487. The van der Waals surface area contributed by atoms with Crippen molar-refractivity contribution in [3.05, 3.63) is 11.8 Å². The van der Waals surface area contributed by atoms with Gasteiger partial charge in [0, 0.05) is 18.8 Å². The highest BCUT2D eigenvalue weighted by Crippen LogP contribution is 2.11. The molecular weight excluding hydrogens is 172 g/mol. The van der Waals surface area contributed by atoms with Gasteiger partial charge in [0.05, 0.1) is 0 Å². The number of rotatable bonds is 2. The maximum absolute atomic E-state index is 4.64. The molecule has 1 aliphatic rings. The molecule has 1 fully saturated rings. The molecule has 0 unspecified atom stereocenters. The Bertz CT molecular complexity index is 222. The van der Waals surface area contributed by atoms with Crippen LogP contribution in [0.1, 0.15) is 46.5 Å². The van der Waals surface area contributed by atoms with Crippen molar-refractivity contribution in [1.29, 1.82) is 0 Å². The van der Waals surface area contributed by atoms with E-state index in [-0.39, 0.29) is 0 Å². The van der Waals surface area contributed by atoms with E-state index >= 15 is 0 Å². The fourth-order valence-corrected chi connectivity index (χ4v) is 1.84. The van der Waals surface area contributed by atoms with Gasteiger partial charge in [-0.05, 0) is 39.5 Å². The Morgan fingerprint density at radius 1 is 1.29 bits per heavy atom. The lowest BCUT2D eigenvalue weighted by Crippen LogP contribution is -2.34. The maximum Gasteiger partial charge on any atom is 0.101 e. The molecule has 14 heavy (non-hydrogen) atoms. The summed E-state index contributed by atoms with van der Waals surface area (Å²) in [4.78, 5) is 7.05. The minimum absolute atomic E-state index is 1.03. The van der Waals surface area contributed by atoms with Crippen molar-refractivity contribution in [2.75, 3.05) is 13.1 Å². The Morgan fingerprint density at radius 2 is 1.93 bits per heavy atom. The summed E-state index contributed by atoms with van der Waals surface area (Å²) in [5.41, 5.74) is 1.20. The van der Waals surface area contributed by atoms with E-state index in [0.29, 0.717) is 0 Å². The molecule has 0 aromatic rings. The molecule has 0 saturated carbocycles. The Morgan fingerprint density at radius 3 is 2.43 bits per heavy atom. The van der Waals surface area contributed by atoms with Gasteiger partial charge in [0.1, 0.15) is 5.84 Å². The molecule has 0 atom stereocenters. The van der Waals surface area contributed by atoms with E-state index in [1.165, 1.54) is 43.9 Å². The number of nitrogens with zero attached hydrogens (tertiary/aromatic N) is 2. The first kappa shape index (κ1) is 11.3. The predicted octanol–water partition coefficient (Wildman–Crippen LogP) is 3.20. The highest BCUT2D eigenvalue weighted by atomic mass is 15.2. The predicted molar refractivity (Wildman–Crippen MR) is 62.6 cm³/mol. The number of amidine groups is 1. The van der Waals surface area contributed by atoms with E-state index < -0.39 is 0 Å². The number of allylic oxidation sites excluding steroid dienone is 2. The second-order valence-electron chi connectivity index (χ2n) is 3.84. The highest BCUT2D eigenvalue weighted by molar-refractivity contribution is 5.80. The van der Waals surface area contributed by atoms with Crippen LogP contribution in [0.4, 0.5) is 0 Å². The molecule has 1 rings (SSSR count). The van der Waals surface area contributed by atoms with Crippen molar-refractivity contribution in [1.82, 2.24) is 4.90 Å². The van der Waals surface area contributed by atoms with E-state index in [9.17, 15) is 0 Å². The lowest BCUT2D eigenvalue weighted by atomic mass is 10.1. The summed E-state index contributed by atoms with van der Waals surface area (Å²) < 4.78 is 0. The van der Waals surface area contributed by atoms with Crippen LogP contribution in [0, 0.1) is 0 Å². The van der Waals surface area contributed by atoms with Crippen molar-refractivity contribution >= 4 is 5.84 Å². The maximum atomic E-state index is 4.64. The van der Waals surface area contributed by atoms with Crippen LogP contribution in [0.15, 0.2) is 16.8 Å². The number of piperidine rings is 1. The normalized spacial score (nSPS) is 20.1. The molecule has 80 valence electrons. The topological polar surface area (TPSA) is 15.6 Å². The Labute approximate surface area is 87.7 Å². The van der Waals surface area contributed by atoms with Gasteiger partial charge < -0.3 is 4.90 Å². The second kappa shape index (κ2) is 5.84.